The maximum atomic E-state index is 12.9. The number of carbonyl (C=O) groups excluding carboxylic acids is 1. The molecule has 2 saturated heterocycles. The highest BCUT2D eigenvalue weighted by Crippen LogP contribution is 2.27. The van der Waals surface area contributed by atoms with E-state index in [-0.39, 0.29) is 43.1 Å². The molecule has 2 aliphatic rings. The molecule has 1 amide bonds. The number of hydrogen-bond acceptors (Lipinski definition) is 7. The Hall–Kier alpha value is -3.02. The van der Waals surface area contributed by atoms with E-state index in [1.54, 1.807) is 29.2 Å². The molecule has 0 aliphatic carbocycles. The Morgan fingerprint density at radius 1 is 1.09 bits per heavy atom. The summed E-state index contributed by atoms with van der Waals surface area (Å²) in [6.45, 7) is 1.74. The normalized spacial score (nSPS) is 19.4. The van der Waals surface area contributed by atoms with Gasteiger partial charge in [-0.05, 0) is 43.2 Å². The molecule has 4 rings (SSSR count). The van der Waals surface area contributed by atoms with Crippen molar-refractivity contribution in [3.05, 3.63) is 64.2 Å². The topological polar surface area (TPSA) is 119 Å². The number of carbonyl (C=O) groups is 1. The van der Waals surface area contributed by atoms with Crippen molar-refractivity contribution in [1.29, 1.82) is 0 Å². The Morgan fingerprint density at radius 2 is 1.79 bits per heavy atom. The summed E-state index contributed by atoms with van der Waals surface area (Å²) in [6, 6.07) is 12.1. The number of para-hydroxylation sites is 1. The molecule has 0 saturated carbocycles. The van der Waals surface area contributed by atoms with Crippen molar-refractivity contribution < 1.29 is 27.6 Å². The minimum atomic E-state index is -4.04. The van der Waals surface area contributed by atoms with Crippen molar-refractivity contribution >= 4 is 21.6 Å². The first-order valence-electron chi connectivity index (χ1n) is 10.7. The van der Waals surface area contributed by atoms with Crippen molar-refractivity contribution in [1.82, 2.24) is 9.21 Å². The summed E-state index contributed by atoms with van der Waals surface area (Å²) >= 11 is 0. The van der Waals surface area contributed by atoms with Gasteiger partial charge in [-0.15, -0.1) is 0 Å². The highest BCUT2D eigenvalue weighted by molar-refractivity contribution is 7.89. The Morgan fingerprint density at radius 3 is 2.42 bits per heavy atom. The van der Waals surface area contributed by atoms with E-state index in [2.05, 4.69) is 0 Å². The van der Waals surface area contributed by atoms with Crippen molar-refractivity contribution in [2.75, 3.05) is 39.4 Å². The minimum absolute atomic E-state index is 0.0582. The highest BCUT2D eigenvalue weighted by atomic mass is 32.2. The van der Waals surface area contributed by atoms with E-state index in [4.69, 9.17) is 9.47 Å². The monoisotopic (exact) mass is 475 g/mol. The van der Waals surface area contributed by atoms with Gasteiger partial charge in [-0.2, -0.15) is 4.31 Å². The Balaban J connectivity index is 1.35. The van der Waals surface area contributed by atoms with Crippen LogP contribution < -0.4 is 4.74 Å². The summed E-state index contributed by atoms with van der Waals surface area (Å²) in [5.74, 6) is 0.450. The molecule has 1 unspecified atom stereocenters. The molecule has 0 N–H and O–H groups in total. The lowest BCUT2D eigenvalue weighted by Gasteiger charge is -2.34. The average molecular weight is 476 g/mol. The predicted octanol–water partition coefficient (Wildman–Crippen LogP) is 2.30. The standard InChI is InChI=1S/C22H25N3O7S/c26-22(17-7-9-18(10-8-17)32-16-19-4-3-15-31-19)23-11-13-24(14-12-23)33(29,30)21-6-2-1-5-20(21)25(27)28/h1-2,5-10,19H,3-4,11-16H2. The van der Waals surface area contributed by atoms with Gasteiger partial charge in [0, 0.05) is 44.4 Å². The summed E-state index contributed by atoms with van der Waals surface area (Å²) in [4.78, 5) is 24.6. The number of amides is 1. The van der Waals surface area contributed by atoms with E-state index < -0.39 is 20.6 Å². The second-order valence-electron chi connectivity index (χ2n) is 7.89. The largest absolute Gasteiger partial charge is 0.491 e. The van der Waals surface area contributed by atoms with Crippen LogP contribution in [0.3, 0.4) is 0 Å². The second kappa shape index (κ2) is 9.86. The lowest BCUT2D eigenvalue weighted by molar-refractivity contribution is -0.387. The van der Waals surface area contributed by atoms with Crippen LogP contribution in [0.25, 0.3) is 0 Å². The molecular formula is C22H25N3O7S. The van der Waals surface area contributed by atoms with Crippen LogP contribution in [-0.2, 0) is 14.8 Å². The van der Waals surface area contributed by atoms with Gasteiger partial charge in [-0.25, -0.2) is 8.42 Å². The van der Waals surface area contributed by atoms with E-state index in [1.807, 2.05) is 0 Å². The van der Waals surface area contributed by atoms with Gasteiger partial charge in [0.15, 0.2) is 4.90 Å². The Kier molecular flexibility index (Phi) is 6.91. The van der Waals surface area contributed by atoms with Gasteiger partial charge < -0.3 is 14.4 Å². The predicted molar refractivity (Wildman–Crippen MR) is 119 cm³/mol. The van der Waals surface area contributed by atoms with Crippen LogP contribution in [0.5, 0.6) is 5.75 Å². The fourth-order valence-corrected chi connectivity index (χ4v) is 5.52. The number of rotatable bonds is 7. The molecule has 2 aliphatic heterocycles. The van der Waals surface area contributed by atoms with Crippen LogP contribution in [0.4, 0.5) is 5.69 Å². The highest BCUT2D eigenvalue weighted by Gasteiger charge is 2.34. The zero-order valence-electron chi connectivity index (χ0n) is 18.0. The lowest BCUT2D eigenvalue weighted by atomic mass is 10.2. The number of nitrogens with zero attached hydrogens (tertiary/aromatic N) is 3. The van der Waals surface area contributed by atoms with E-state index in [9.17, 15) is 23.3 Å². The summed E-state index contributed by atoms with van der Waals surface area (Å²) in [6.07, 6.45) is 2.13. The molecule has 176 valence electrons. The number of nitro benzene ring substituents is 1. The van der Waals surface area contributed by atoms with E-state index in [1.165, 1.54) is 28.6 Å². The van der Waals surface area contributed by atoms with Crippen LogP contribution in [0.1, 0.15) is 23.2 Å². The second-order valence-corrected chi connectivity index (χ2v) is 9.80. The van der Waals surface area contributed by atoms with Gasteiger partial charge in [0.2, 0.25) is 10.0 Å². The first-order valence-corrected chi connectivity index (χ1v) is 12.2. The smallest absolute Gasteiger partial charge is 0.289 e. The van der Waals surface area contributed by atoms with Crippen molar-refractivity contribution in [3.8, 4) is 5.75 Å². The fourth-order valence-electron chi connectivity index (χ4n) is 3.94. The number of benzene rings is 2. The third kappa shape index (κ3) is 5.15. The molecule has 0 radical (unpaired) electrons. The first-order chi connectivity index (χ1) is 15.9. The third-order valence-corrected chi connectivity index (χ3v) is 7.71. The van der Waals surface area contributed by atoms with Crippen LogP contribution in [0, 0.1) is 10.1 Å². The van der Waals surface area contributed by atoms with Gasteiger partial charge in [-0.1, -0.05) is 12.1 Å². The van der Waals surface area contributed by atoms with Crippen LogP contribution >= 0.6 is 0 Å². The van der Waals surface area contributed by atoms with Crippen molar-refractivity contribution in [3.63, 3.8) is 0 Å². The molecule has 0 spiro atoms. The molecular weight excluding hydrogens is 450 g/mol. The van der Waals surface area contributed by atoms with Crippen LogP contribution in [-0.4, -0.2) is 74.0 Å². The zero-order chi connectivity index (χ0) is 23.4. The van der Waals surface area contributed by atoms with Gasteiger partial charge in [-0.3, -0.25) is 14.9 Å². The maximum absolute atomic E-state index is 12.9. The van der Waals surface area contributed by atoms with Crippen LogP contribution in [0.2, 0.25) is 0 Å². The summed E-state index contributed by atoms with van der Waals surface area (Å²) in [5.41, 5.74) is 0.0206. The van der Waals surface area contributed by atoms with Crippen molar-refractivity contribution in [2.45, 2.75) is 23.8 Å². The third-order valence-electron chi connectivity index (χ3n) is 5.77. The molecule has 33 heavy (non-hydrogen) atoms. The fraction of sp³-hybridized carbons (Fsp3) is 0.409. The average Bonchev–Trinajstić information content (AvgIpc) is 3.36. The Bertz CT molecular complexity index is 1110. The van der Waals surface area contributed by atoms with Crippen LogP contribution in [0.15, 0.2) is 53.4 Å². The lowest BCUT2D eigenvalue weighted by Crippen LogP contribution is -2.50. The van der Waals surface area contributed by atoms with E-state index in [0.29, 0.717) is 17.9 Å². The summed E-state index contributed by atoms with van der Waals surface area (Å²) in [7, 11) is -4.04. The molecule has 10 nitrogen and oxygen atoms in total. The SMILES string of the molecule is O=C(c1ccc(OCC2CCCO2)cc1)N1CCN(S(=O)(=O)c2ccccc2[N+](=O)[O-])CC1. The van der Waals surface area contributed by atoms with E-state index >= 15 is 0 Å². The summed E-state index contributed by atoms with van der Waals surface area (Å²) in [5, 5.41) is 11.2. The summed E-state index contributed by atoms with van der Waals surface area (Å²) < 4.78 is 38.3. The zero-order valence-corrected chi connectivity index (χ0v) is 18.8. The molecule has 0 bridgehead atoms. The van der Waals surface area contributed by atoms with Crippen molar-refractivity contribution in [2.24, 2.45) is 0 Å². The van der Waals surface area contributed by atoms with E-state index in [0.717, 1.165) is 19.4 Å². The maximum Gasteiger partial charge on any atom is 0.289 e. The number of sulfonamides is 1. The molecule has 2 heterocycles. The van der Waals surface area contributed by atoms with Gasteiger partial charge >= 0.3 is 0 Å². The molecule has 2 aromatic carbocycles. The molecule has 0 aromatic heterocycles. The molecule has 11 heteroatoms. The van der Waals surface area contributed by atoms with Gasteiger partial charge in [0.1, 0.15) is 12.4 Å². The number of ether oxygens (including phenoxy) is 2. The first kappa shape index (κ1) is 23.1. The molecule has 2 aromatic rings. The minimum Gasteiger partial charge on any atom is -0.491 e. The molecule has 2 fully saturated rings. The number of hydrogen-bond donors (Lipinski definition) is 0. The molecule has 1 atom stereocenters. The van der Waals surface area contributed by atoms with Gasteiger partial charge in [0.05, 0.1) is 11.0 Å². The Labute approximate surface area is 191 Å². The quantitative estimate of drug-likeness (QED) is 0.445. The number of piperazine rings is 1. The van der Waals surface area contributed by atoms with Gasteiger partial charge in [0.25, 0.3) is 11.6 Å². The number of nitro groups is 1.